The third-order valence-electron chi connectivity index (χ3n) is 2.79. The highest BCUT2D eigenvalue weighted by molar-refractivity contribution is 5.77. The van der Waals surface area contributed by atoms with Crippen molar-refractivity contribution in [1.29, 1.82) is 0 Å². The number of nitrogens with one attached hydrogen (secondary N) is 2. The fraction of sp³-hybridized carbons (Fsp3) is 0.875. The van der Waals surface area contributed by atoms with Crippen LogP contribution in [-0.2, 0) is 28.5 Å². The molecular formula is C16H32N2O6. The fourth-order valence-electron chi connectivity index (χ4n) is 1.52. The van der Waals surface area contributed by atoms with Gasteiger partial charge in [0.05, 0.1) is 46.2 Å². The Morgan fingerprint density at radius 1 is 0.792 bits per heavy atom. The molecule has 24 heavy (non-hydrogen) atoms. The monoisotopic (exact) mass is 348 g/mol. The van der Waals surface area contributed by atoms with Crippen molar-refractivity contribution in [2.24, 2.45) is 5.92 Å². The van der Waals surface area contributed by atoms with Crippen LogP contribution in [0.4, 0.5) is 0 Å². The summed E-state index contributed by atoms with van der Waals surface area (Å²) >= 11 is 0. The summed E-state index contributed by atoms with van der Waals surface area (Å²) in [7, 11) is 0. The van der Waals surface area contributed by atoms with Gasteiger partial charge in [0.2, 0.25) is 11.8 Å². The Bertz CT molecular complexity index is 326. The molecule has 0 radical (unpaired) electrons. The number of carbonyl (C=O) groups is 2. The highest BCUT2D eigenvalue weighted by Gasteiger charge is 2.04. The van der Waals surface area contributed by atoms with Crippen molar-refractivity contribution < 1.29 is 28.5 Å². The Morgan fingerprint density at radius 3 is 1.79 bits per heavy atom. The van der Waals surface area contributed by atoms with Gasteiger partial charge in [-0.05, 0) is 6.92 Å². The van der Waals surface area contributed by atoms with Gasteiger partial charge in [-0.1, -0.05) is 13.8 Å². The Balaban J connectivity index is 3.13. The van der Waals surface area contributed by atoms with Crippen LogP contribution in [0.15, 0.2) is 0 Å². The maximum absolute atomic E-state index is 11.3. The summed E-state index contributed by atoms with van der Waals surface area (Å²) in [5, 5.41) is 5.41. The fourth-order valence-corrected chi connectivity index (χ4v) is 1.52. The Hall–Kier alpha value is -1.22. The molecule has 0 aliphatic heterocycles. The van der Waals surface area contributed by atoms with Gasteiger partial charge in [0.25, 0.3) is 0 Å². The van der Waals surface area contributed by atoms with Gasteiger partial charge < -0.3 is 29.6 Å². The largest absolute Gasteiger partial charge is 0.377 e. The van der Waals surface area contributed by atoms with Gasteiger partial charge in [-0.2, -0.15) is 0 Å². The van der Waals surface area contributed by atoms with Gasteiger partial charge >= 0.3 is 0 Å². The topological polar surface area (TPSA) is 95.1 Å². The molecule has 0 atom stereocenters. The summed E-state index contributed by atoms with van der Waals surface area (Å²) in [6.45, 7) is 9.91. The predicted octanol–water partition coefficient (Wildman–Crippen LogP) is -0.0389. The second kappa shape index (κ2) is 16.6. The molecule has 0 spiro atoms. The molecule has 0 unspecified atom stereocenters. The average Bonchev–Trinajstić information content (AvgIpc) is 2.55. The molecule has 0 bridgehead atoms. The van der Waals surface area contributed by atoms with E-state index in [0.717, 1.165) is 0 Å². The van der Waals surface area contributed by atoms with Crippen molar-refractivity contribution >= 4 is 11.8 Å². The van der Waals surface area contributed by atoms with E-state index in [-0.39, 0.29) is 24.3 Å². The predicted molar refractivity (Wildman–Crippen MR) is 89.8 cm³/mol. The molecule has 0 aromatic rings. The van der Waals surface area contributed by atoms with Gasteiger partial charge in [0.1, 0.15) is 6.61 Å². The second-order valence-corrected chi connectivity index (χ2v) is 5.29. The third-order valence-corrected chi connectivity index (χ3v) is 2.79. The van der Waals surface area contributed by atoms with E-state index in [9.17, 15) is 9.59 Å². The van der Waals surface area contributed by atoms with E-state index in [1.165, 1.54) is 0 Å². The minimum absolute atomic E-state index is 0.00720. The van der Waals surface area contributed by atoms with E-state index >= 15 is 0 Å². The molecule has 8 nitrogen and oxygen atoms in total. The zero-order chi connectivity index (χ0) is 18.0. The molecule has 0 aromatic carbocycles. The molecule has 0 fully saturated rings. The Labute approximate surface area is 144 Å². The molecule has 2 N–H and O–H groups in total. The lowest BCUT2D eigenvalue weighted by Crippen LogP contribution is -2.31. The van der Waals surface area contributed by atoms with Gasteiger partial charge in [-0.3, -0.25) is 9.59 Å². The molecule has 8 heteroatoms. The van der Waals surface area contributed by atoms with Crippen LogP contribution < -0.4 is 10.6 Å². The molecule has 0 heterocycles. The van der Waals surface area contributed by atoms with E-state index in [2.05, 4.69) is 10.6 Å². The number of rotatable bonds is 16. The van der Waals surface area contributed by atoms with E-state index in [1.807, 2.05) is 20.8 Å². The van der Waals surface area contributed by atoms with Crippen LogP contribution in [0.5, 0.6) is 0 Å². The Morgan fingerprint density at radius 2 is 1.29 bits per heavy atom. The van der Waals surface area contributed by atoms with Crippen LogP contribution in [0.1, 0.15) is 20.8 Å². The SMILES string of the molecule is CCNC(=O)COCCOCCOCCOCCNC(=O)C(C)C. The lowest BCUT2D eigenvalue weighted by molar-refractivity contribution is -0.126. The summed E-state index contributed by atoms with van der Waals surface area (Å²) < 4.78 is 21.1. The van der Waals surface area contributed by atoms with E-state index in [4.69, 9.17) is 18.9 Å². The van der Waals surface area contributed by atoms with Crippen molar-refractivity contribution in [3.8, 4) is 0 Å². The lowest BCUT2D eigenvalue weighted by Gasteiger charge is -2.09. The molecule has 2 amide bonds. The number of hydrogen-bond donors (Lipinski definition) is 2. The van der Waals surface area contributed by atoms with Crippen molar-refractivity contribution in [2.75, 3.05) is 65.9 Å². The number of likely N-dealkylation sites (N-methyl/N-ethyl adjacent to an activating group) is 1. The first-order chi connectivity index (χ1) is 11.6. The first-order valence-electron chi connectivity index (χ1n) is 8.43. The maximum atomic E-state index is 11.3. The highest BCUT2D eigenvalue weighted by Crippen LogP contribution is 1.89. The standard InChI is InChI=1S/C16H32N2O6/c1-4-17-15(19)13-24-12-11-23-10-9-22-8-7-21-6-5-18-16(20)14(2)3/h14H,4-13H2,1-3H3,(H,17,19)(H,18,20). The molecule has 0 saturated carbocycles. The van der Waals surface area contributed by atoms with Crippen LogP contribution >= 0.6 is 0 Å². The Kier molecular flexibility index (Phi) is 15.8. The van der Waals surface area contributed by atoms with Crippen LogP contribution in [0.3, 0.4) is 0 Å². The molecule has 0 aliphatic carbocycles. The first kappa shape index (κ1) is 22.8. The summed E-state index contributed by atoms with van der Waals surface area (Å²) in [5.41, 5.74) is 0. The average molecular weight is 348 g/mol. The van der Waals surface area contributed by atoms with Crippen molar-refractivity contribution in [3.05, 3.63) is 0 Å². The number of ether oxygens (including phenoxy) is 4. The van der Waals surface area contributed by atoms with Crippen LogP contribution in [0, 0.1) is 5.92 Å². The van der Waals surface area contributed by atoms with E-state index in [0.29, 0.717) is 59.3 Å². The van der Waals surface area contributed by atoms with Crippen LogP contribution in [0.25, 0.3) is 0 Å². The van der Waals surface area contributed by atoms with E-state index < -0.39 is 0 Å². The summed E-state index contributed by atoms with van der Waals surface area (Å²) in [6.07, 6.45) is 0. The number of carbonyl (C=O) groups excluding carboxylic acids is 2. The summed E-state index contributed by atoms with van der Waals surface area (Å²) in [5.74, 6) is -0.0983. The molecular weight excluding hydrogens is 316 g/mol. The molecule has 142 valence electrons. The van der Waals surface area contributed by atoms with Gasteiger partial charge in [-0.25, -0.2) is 0 Å². The summed E-state index contributed by atoms with van der Waals surface area (Å²) in [4.78, 5) is 22.4. The molecule has 0 saturated heterocycles. The lowest BCUT2D eigenvalue weighted by atomic mass is 10.2. The van der Waals surface area contributed by atoms with Gasteiger partial charge in [0.15, 0.2) is 0 Å². The quantitative estimate of drug-likeness (QED) is 0.380. The van der Waals surface area contributed by atoms with E-state index in [1.54, 1.807) is 0 Å². The third kappa shape index (κ3) is 15.7. The maximum Gasteiger partial charge on any atom is 0.245 e. The zero-order valence-electron chi connectivity index (χ0n) is 15.1. The summed E-state index contributed by atoms with van der Waals surface area (Å²) in [6, 6.07) is 0. The minimum atomic E-state index is -0.121. The van der Waals surface area contributed by atoms with Gasteiger partial charge in [-0.15, -0.1) is 0 Å². The minimum Gasteiger partial charge on any atom is -0.377 e. The van der Waals surface area contributed by atoms with Gasteiger partial charge in [0, 0.05) is 19.0 Å². The second-order valence-electron chi connectivity index (χ2n) is 5.29. The van der Waals surface area contributed by atoms with Crippen LogP contribution in [0.2, 0.25) is 0 Å². The van der Waals surface area contributed by atoms with Crippen molar-refractivity contribution in [1.82, 2.24) is 10.6 Å². The highest BCUT2D eigenvalue weighted by atomic mass is 16.6. The smallest absolute Gasteiger partial charge is 0.245 e. The number of amides is 2. The molecule has 0 aromatic heterocycles. The van der Waals surface area contributed by atoms with Crippen molar-refractivity contribution in [3.63, 3.8) is 0 Å². The van der Waals surface area contributed by atoms with Crippen molar-refractivity contribution in [2.45, 2.75) is 20.8 Å². The van der Waals surface area contributed by atoms with Crippen LogP contribution in [-0.4, -0.2) is 77.8 Å². The molecule has 0 rings (SSSR count). The zero-order valence-corrected chi connectivity index (χ0v) is 15.1. The number of hydrogen-bond acceptors (Lipinski definition) is 6. The first-order valence-corrected chi connectivity index (χ1v) is 8.43. The normalized spacial score (nSPS) is 10.8. The molecule has 0 aliphatic rings.